The number of nitrogens with zero attached hydrogens (tertiary/aromatic N) is 1. The first-order valence-corrected chi connectivity index (χ1v) is 7.62. The zero-order valence-corrected chi connectivity index (χ0v) is 12.7. The van der Waals surface area contributed by atoms with E-state index in [1.807, 2.05) is 24.4 Å². The number of carbonyl (C=O) groups is 1. The standard InChI is InChI=1S/C17H21N3O2/c1-18-9-17(21)20-16-11-22-10-13(16)8-12-6-7-19-15-5-3-2-4-14(12)15/h2-7,13,16,18H,8-11H2,1H3,(H,20,21)/t13-,16-/m1/s1. The van der Waals surface area contributed by atoms with E-state index < -0.39 is 0 Å². The van der Waals surface area contributed by atoms with Gasteiger partial charge in [0, 0.05) is 17.5 Å². The monoisotopic (exact) mass is 299 g/mol. The Morgan fingerprint density at radius 1 is 1.32 bits per heavy atom. The van der Waals surface area contributed by atoms with Crippen LogP contribution in [0.5, 0.6) is 0 Å². The molecule has 1 amide bonds. The Bertz CT molecular complexity index is 654. The van der Waals surface area contributed by atoms with Crippen molar-refractivity contribution in [3.05, 3.63) is 42.1 Å². The lowest BCUT2D eigenvalue weighted by Crippen LogP contribution is -2.43. The topological polar surface area (TPSA) is 63.2 Å². The average Bonchev–Trinajstić information content (AvgIpc) is 2.95. The fourth-order valence-corrected chi connectivity index (χ4v) is 2.99. The molecule has 0 unspecified atom stereocenters. The number of aromatic nitrogens is 1. The Labute approximate surface area is 130 Å². The number of rotatable bonds is 5. The molecule has 1 aliphatic rings. The molecule has 0 spiro atoms. The van der Waals surface area contributed by atoms with E-state index in [4.69, 9.17) is 4.74 Å². The highest BCUT2D eigenvalue weighted by Crippen LogP contribution is 2.24. The summed E-state index contributed by atoms with van der Waals surface area (Å²) in [4.78, 5) is 16.2. The molecule has 2 aromatic rings. The number of hydrogen-bond acceptors (Lipinski definition) is 4. The molecule has 22 heavy (non-hydrogen) atoms. The SMILES string of the molecule is CNCC(=O)N[C@@H]1COC[C@H]1Cc1ccnc2ccccc12. The molecular formula is C17H21N3O2. The Balaban J connectivity index is 1.74. The van der Waals surface area contributed by atoms with E-state index in [1.165, 1.54) is 10.9 Å². The summed E-state index contributed by atoms with van der Waals surface area (Å²) in [5, 5.41) is 7.10. The minimum atomic E-state index is 0.0163. The molecule has 2 heterocycles. The van der Waals surface area contributed by atoms with Crippen molar-refractivity contribution in [3.63, 3.8) is 0 Å². The van der Waals surface area contributed by atoms with Crippen molar-refractivity contribution in [1.29, 1.82) is 0 Å². The Kier molecular flexibility index (Phi) is 4.65. The van der Waals surface area contributed by atoms with Crippen LogP contribution in [-0.2, 0) is 16.0 Å². The number of carbonyl (C=O) groups excluding carboxylic acids is 1. The lowest BCUT2D eigenvalue weighted by atomic mass is 9.93. The van der Waals surface area contributed by atoms with Gasteiger partial charge in [-0.15, -0.1) is 0 Å². The summed E-state index contributed by atoms with van der Waals surface area (Å²) in [6.45, 7) is 1.60. The second-order valence-corrected chi connectivity index (χ2v) is 5.69. The van der Waals surface area contributed by atoms with Crippen LogP contribution in [0.15, 0.2) is 36.5 Å². The molecule has 3 rings (SSSR count). The minimum Gasteiger partial charge on any atom is -0.379 e. The van der Waals surface area contributed by atoms with Gasteiger partial charge in [-0.2, -0.15) is 0 Å². The van der Waals surface area contributed by atoms with E-state index in [0.29, 0.717) is 25.7 Å². The second-order valence-electron chi connectivity index (χ2n) is 5.69. The number of benzene rings is 1. The zero-order chi connectivity index (χ0) is 15.4. The maximum Gasteiger partial charge on any atom is 0.234 e. The molecule has 0 radical (unpaired) electrons. The lowest BCUT2D eigenvalue weighted by Gasteiger charge is -2.19. The molecule has 0 bridgehead atoms. The van der Waals surface area contributed by atoms with Gasteiger partial charge in [-0.05, 0) is 31.2 Å². The van der Waals surface area contributed by atoms with Gasteiger partial charge in [-0.25, -0.2) is 0 Å². The van der Waals surface area contributed by atoms with Crippen LogP contribution in [0.2, 0.25) is 0 Å². The summed E-state index contributed by atoms with van der Waals surface area (Å²) in [5.41, 5.74) is 2.27. The fraction of sp³-hybridized carbons (Fsp3) is 0.412. The summed E-state index contributed by atoms with van der Waals surface area (Å²) >= 11 is 0. The van der Waals surface area contributed by atoms with Crippen molar-refractivity contribution in [3.8, 4) is 0 Å². The van der Waals surface area contributed by atoms with E-state index in [-0.39, 0.29) is 11.9 Å². The average molecular weight is 299 g/mol. The highest BCUT2D eigenvalue weighted by Gasteiger charge is 2.29. The minimum absolute atomic E-state index is 0.0163. The van der Waals surface area contributed by atoms with E-state index >= 15 is 0 Å². The first kappa shape index (κ1) is 14.9. The smallest absolute Gasteiger partial charge is 0.234 e. The molecule has 5 heteroatoms. The zero-order valence-electron chi connectivity index (χ0n) is 12.7. The van der Waals surface area contributed by atoms with Crippen molar-refractivity contribution >= 4 is 16.8 Å². The van der Waals surface area contributed by atoms with Crippen molar-refractivity contribution in [2.24, 2.45) is 5.92 Å². The van der Waals surface area contributed by atoms with E-state index in [9.17, 15) is 4.79 Å². The van der Waals surface area contributed by atoms with Gasteiger partial charge >= 0.3 is 0 Å². The van der Waals surface area contributed by atoms with Gasteiger partial charge in [0.25, 0.3) is 0 Å². The Hall–Kier alpha value is -1.98. The van der Waals surface area contributed by atoms with Crippen LogP contribution in [0.3, 0.4) is 0 Å². The van der Waals surface area contributed by atoms with Crippen LogP contribution in [0.4, 0.5) is 0 Å². The number of likely N-dealkylation sites (N-methyl/N-ethyl adjacent to an activating group) is 1. The van der Waals surface area contributed by atoms with Gasteiger partial charge in [0.2, 0.25) is 5.91 Å². The van der Waals surface area contributed by atoms with Gasteiger partial charge in [0.1, 0.15) is 0 Å². The van der Waals surface area contributed by atoms with Crippen LogP contribution >= 0.6 is 0 Å². The van der Waals surface area contributed by atoms with Crippen LogP contribution in [0, 0.1) is 5.92 Å². The molecule has 1 fully saturated rings. The predicted octanol–water partition coefficient (Wildman–Crippen LogP) is 1.13. The third-order valence-corrected chi connectivity index (χ3v) is 4.10. The molecular weight excluding hydrogens is 278 g/mol. The van der Waals surface area contributed by atoms with Crippen molar-refractivity contribution < 1.29 is 9.53 Å². The lowest BCUT2D eigenvalue weighted by molar-refractivity contribution is -0.121. The van der Waals surface area contributed by atoms with Crippen LogP contribution < -0.4 is 10.6 Å². The van der Waals surface area contributed by atoms with Crippen LogP contribution in [0.1, 0.15) is 5.56 Å². The number of pyridine rings is 1. The molecule has 1 aromatic heterocycles. The summed E-state index contributed by atoms with van der Waals surface area (Å²) in [6, 6.07) is 10.3. The van der Waals surface area contributed by atoms with Gasteiger partial charge in [-0.1, -0.05) is 18.2 Å². The molecule has 1 aromatic carbocycles. The third-order valence-electron chi connectivity index (χ3n) is 4.10. The maximum absolute atomic E-state index is 11.8. The maximum atomic E-state index is 11.8. The van der Waals surface area contributed by atoms with Gasteiger partial charge < -0.3 is 15.4 Å². The predicted molar refractivity (Wildman–Crippen MR) is 85.6 cm³/mol. The summed E-state index contributed by atoms with van der Waals surface area (Å²) < 4.78 is 5.58. The van der Waals surface area contributed by atoms with Crippen molar-refractivity contribution in [1.82, 2.24) is 15.6 Å². The summed E-state index contributed by atoms with van der Waals surface area (Å²) in [7, 11) is 1.77. The Morgan fingerprint density at radius 2 is 2.18 bits per heavy atom. The van der Waals surface area contributed by atoms with E-state index in [2.05, 4.69) is 27.8 Å². The highest BCUT2D eigenvalue weighted by atomic mass is 16.5. The summed E-state index contributed by atoms with van der Waals surface area (Å²) in [5.74, 6) is 0.314. The Morgan fingerprint density at radius 3 is 3.05 bits per heavy atom. The molecule has 2 N–H and O–H groups in total. The molecule has 1 aliphatic heterocycles. The summed E-state index contributed by atoms with van der Waals surface area (Å²) in [6.07, 6.45) is 2.73. The number of fused-ring (bicyclic) bond motifs is 1. The second kappa shape index (κ2) is 6.85. The van der Waals surface area contributed by atoms with Crippen LogP contribution in [0.25, 0.3) is 10.9 Å². The molecule has 5 nitrogen and oxygen atoms in total. The molecule has 0 saturated carbocycles. The first-order valence-electron chi connectivity index (χ1n) is 7.62. The fourth-order valence-electron chi connectivity index (χ4n) is 2.99. The van der Waals surface area contributed by atoms with Gasteiger partial charge in [0.05, 0.1) is 31.3 Å². The molecule has 2 atom stereocenters. The normalized spacial score (nSPS) is 21.1. The number of amides is 1. The molecule has 1 saturated heterocycles. The largest absolute Gasteiger partial charge is 0.379 e. The number of para-hydroxylation sites is 1. The highest BCUT2D eigenvalue weighted by molar-refractivity contribution is 5.82. The first-order chi connectivity index (χ1) is 10.8. The van der Waals surface area contributed by atoms with E-state index in [0.717, 1.165) is 11.9 Å². The van der Waals surface area contributed by atoms with E-state index in [1.54, 1.807) is 7.05 Å². The van der Waals surface area contributed by atoms with Gasteiger partial charge in [0.15, 0.2) is 0 Å². The third kappa shape index (κ3) is 3.26. The van der Waals surface area contributed by atoms with Gasteiger partial charge in [-0.3, -0.25) is 9.78 Å². The quantitative estimate of drug-likeness (QED) is 0.869. The number of hydrogen-bond donors (Lipinski definition) is 2. The van der Waals surface area contributed by atoms with Crippen molar-refractivity contribution in [2.45, 2.75) is 12.5 Å². The molecule has 116 valence electrons. The molecule has 0 aliphatic carbocycles. The number of ether oxygens (including phenoxy) is 1. The van der Waals surface area contributed by atoms with Crippen LogP contribution in [-0.4, -0.2) is 43.7 Å². The van der Waals surface area contributed by atoms with Crippen molar-refractivity contribution in [2.75, 3.05) is 26.8 Å². The number of nitrogens with one attached hydrogen (secondary N) is 2.